The van der Waals surface area contributed by atoms with Crippen LogP contribution in [0.2, 0.25) is 0 Å². The van der Waals surface area contributed by atoms with Crippen LogP contribution in [-0.2, 0) is 4.79 Å². The predicted molar refractivity (Wildman–Crippen MR) is 107 cm³/mol. The van der Waals surface area contributed by atoms with E-state index >= 15 is 0 Å². The Morgan fingerprint density at radius 3 is 2.71 bits per heavy atom. The molecule has 0 radical (unpaired) electrons. The molecule has 1 atom stereocenters. The molecule has 7 heteroatoms. The van der Waals surface area contributed by atoms with Crippen LogP contribution in [0.15, 0.2) is 51.5 Å². The van der Waals surface area contributed by atoms with Crippen LogP contribution >= 0.6 is 0 Å². The minimum Gasteiger partial charge on any atom is -0.468 e. The number of benzene rings is 1. The second-order valence-electron chi connectivity index (χ2n) is 7.47. The second kappa shape index (κ2) is 8.06. The van der Waals surface area contributed by atoms with Crippen LogP contribution in [0.1, 0.15) is 24.6 Å². The van der Waals surface area contributed by atoms with Gasteiger partial charge in [-0.2, -0.15) is 4.98 Å². The van der Waals surface area contributed by atoms with Crippen LogP contribution in [-0.4, -0.2) is 49.5 Å². The third-order valence-electron chi connectivity index (χ3n) is 5.38. The first kappa shape index (κ1) is 18.6. The minimum atomic E-state index is 0.0139. The highest BCUT2D eigenvalue weighted by Gasteiger charge is 2.28. The summed E-state index contributed by atoms with van der Waals surface area (Å²) >= 11 is 0. The fraction of sp³-hybridized carbons (Fsp3) is 0.429. The van der Waals surface area contributed by atoms with E-state index in [1.54, 1.807) is 6.26 Å². The van der Waals surface area contributed by atoms with Crippen molar-refractivity contribution in [1.29, 1.82) is 0 Å². The molecular formula is C21H26N4O3. The number of piperidine rings is 1. The molecule has 2 aromatic heterocycles. The van der Waals surface area contributed by atoms with Gasteiger partial charge in [-0.15, -0.1) is 0 Å². The number of likely N-dealkylation sites (N-methyl/N-ethyl adjacent to an activating group) is 1. The summed E-state index contributed by atoms with van der Waals surface area (Å²) in [5, 5.41) is 3.10. The molecule has 148 valence electrons. The van der Waals surface area contributed by atoms with Crippen LogP contribution in [0.25, 0.3) is 11.1 Å². The zero-order valence-electron chi connectivity index (χ0n) is 16.3. The fourth-order valence-electron chi connectivity index (χ4n) is 3.69. The molecule has 1 unspecified atom stereocenters. The van der Waals surface area contributed by atoms with E-state index < -0.39 is 0 Å². The maximum atomic E-state index is 12.7. The van der Waals surface area contributed by atoms with Gasteiger partial charge in [0.25, 0.3) is 6.01 Å². The smallest absolute Gasteiger partial charge is 0.298 e. The summed E-state index contributed by atoms with van der Waals surface area (Å²) in [7, 11) is 3.97. The van der Waals surface area contributed by atoms with Crippen molar-refractivity contribution in [3.05, 3.63) is 48.4 Å². The number of hydrogen-bond donors (Lipinski definition) is 1. The van der Waals surface area contributed by atoms with Gasteiger partial charge < -0.3 is 19.1 Å². The van der Waals surface area contributed by atoms with E-state index in [2.05, 4.69) is 20.1 Å². The lowest BCUT2D eigenvalue weighted by atomic mass is 9.96. The summed E-state index contributed by atoms with van der Waals surface area (Å²) in [6.45, 7) is 2.06. The zero-order chi connectivity index (χ0) is 19.5. The van der Waals surface area contributed by atoms with E-state index in [0.717, 1.165) is 42.8 Å². The van der Waals surface area contributed by atoms with Gasteiger partial charge in [0.2, 0.25) is 5.91 Å². The number of carbonyl (C=O) groups excluding carboxylic acids is 1. The third-order valence-corrected chi connectivity index (χ3v) is 5.38. The number of para-hydroxylation sites is 2. The first-order valence-electron chi connectivity index (χ1n) is 9.70. The Morgan fingerprint density at radius 1 is 1.25 bits per heavy atom. The first-order chi connectivity index (χ1) is 13.6. The van der Waals surface area contributed by atoms with Gasteiger partial charge in [0, 0.05) is 25.6 Å². The van der Waals surface area contributed by atoms with Crippen molar-refractivity contribution in [2.45, 2.75) is 18.9 Å². The Labute approximate surface area is 164 Å². The number of amides is 1. The van der Waals surface area contributed by atoms with E-state index in [-0.39, 0.29) is 17.9 Å². The van der Waals surface area contributed by atoms with Crippen LogP contribution in [0, 0.1) is 5.92 Å². The summed E-state index contributed by atoms with van der Waals surface area (Å²) in [6.07, 6.45) is 3.24. The monoisotopic (exact) mass is 382 g/mol. The van der Waals surface area contributed by atoms with Gasteiger partial charge in [0.1, 0.15) is 11.3 Å². The molecule has 1 aliphatic rings. The second-order valence-corrected chi connectivity index (χ2v) is 7.47. The molecule has 0 bridgehead atoms. The largest absolute Gasteiger partial charge is 0.468 e. The minimum absolute atomic E-state index is 0.0139. The van der Waals surface area contributed by atoms with E-state index in [0.29, 0.717) is 12.6 Å². The number of oxazole rings is 1. The molecular weight excluding hydrogens is 356 g/mol. The van der Waals surface area contributed by atoms with Crippen molar-refractivity contribution in [3.63, 3.8) is 0 Å². The van der Waals surface area contributed by atoms with Gasteiger partial charge in [-0.1, -0.05) is 12.1 Å². The Bertz CT molecular complexity index is 878. The first-order valence-corrected chi connectivity index (χ1v) is 9.70. The number of nitrogens with one attached hydrogen (secondary N) is 1. The van der Waals surface area contributed by atoms with Crippen molar-refractivity contribution in [2.24, 2.45) is 5.92 Å². The number of nitrogens with zero attached hydrogens (tertiary/aromatic N) is 3. The summed E-state index contributed by atoms with van der Waals surface area (Å²) < 4.78 is 11.4. The lowest BCUT2D eigenvalue weighted by Gasteiger charge is -2.30. The van der Waals surface area contributed by atoms with Gasteiger partial charge in [0.15, 0.2) is 5.58 Å². The number of fused-ring (bicyclic) bond motifs is 1. The lowest BCUT2D eigenvalue weighted by molar-refractivity contribution is -0.125. The van der Waals surface area contributed by atoms with Crippen LogP contribution in [0.3, 0.4) is 0 Å². The highest BCUT2D eigenvalue weighted by molar-refractivity contribution is 5.79. The molecule has 1 saturated heterocycles. The molecule has 1 fully saturated rings. The van der Waals surface area contributed by atoms with Gasteiger partial charge in [-0.05, 0) is 51.2 Å². The molecule has 3 heterocycles. The van der Waals surface area contributed by atoms with E-state index in [9.17, 15) is 4.79 Å². The van der Waals surface area contributed by atoms with E-state index in [1.165, 1.54) is 0 Å². The Morgan fingerprint density at radius 2 is 2.04 bits per heavy atom. The highest BCUT2D eigenvalue weighted by Crippen LogP contribution is 2.26. The third kappa shape index (κ3) is 3.89. The number of aromatic nitrogens is 1. The van der Waals surface area contributed by atoms with Gasteiger partial charge in [-0.3, -0.25) is 9.69 Å². The topological polar surface area (TPSA) is 74.8 Å². The van der Waals surface area contributed by atoms with Crippen molar-refractivity contribution in [1.82, 2.24) is 15.2 Å². The van der Waals surface area contributed by atoms with Crippen molar-refractivity contribution in [3.8, 4) is 0 Å². The molecule has 1 amide bonds. The molecule has 3 aromatic rings. The van der Waals surface area contributed by atoms with Crippen LogP contribution in [0.4, 0.5) is 6.01 Å². The molecule has 7 nitrogen and oxygen atoms in total. The highest BCUT2D eigenvalue weighted by atomic mass is 16.4. The number of furan rings is 1. The summed E-state index contributed by atoms with van der Waals surface area (Å²) in [4.78, 5) is 21.4. The van der Waals surface area contributed by atoms with Gasteiger partial charge in [0.05, 0.1) is 12.3 Å². The number of anilines is 1. The molecule has 1 N–H and O–H groups in total. The van der Waals surface area contributed by atoms with E-state index in [1.807, 2.05) is 50.5 Å². The fourth-order valence-corrected chi connectivity index (χ4v) is 3.69. The number of rotatable bonds is 6. The lowest BCUT2D eigenvalue weighted by Crippen LogP contribution is -2.42. The number of hydrogen-bond acceptors (Lipinski definition) is 6. The predicted octanol–water partition coefficient (Wildman–Crippen LogP) is 3.06. The maximum absolute atomic E-state index is 12.7. The maximum Gasteiger partial charge on any atom is 0.298 e. The Balaban J connectivity index is 1.31. The molecule has 1 aromatic carbocycles. The summed E-state index contributed by atoms with van der Waals surface area (Å²) in [5.74, 6) is 0.978. The standard InChI is InChI=1S/C21H26N4O3/c1-24(2)17(19-8-5-13-27-19)14-22-20(26)15-9-11-25(12-10-15)21-23-16-6-3-4-7-18(16)28-21/h3-8,13,15,17H,9-12,14H2,1-2H3,(H,22,26). The number of carbonyl (C=O) groups is 1. The molecule has 0 aliphatic carbocycles. The quantitative estimate of drug-likeness (QED) is 0.706. The Kier molecular flexibility index (Phi) is 5.34. The average molecular weight is 382 g/mol. The van der Waals surface area contributed by atoms with Crippen LogP contribution in [0.5, 0.6) is 0 Å². The van der Waals surface area contributed by atoms with Crippen molar-refractivity contribution >= 4 is 23.0 Å². The van der Waals surface area contributed by atoms with E-state index in [4.69, 9.17) is 8.83 Å². The molecule has 0 spiro atoms. The average Bonchev–Trinajstić information content (AvgIpc) is 3.37. The molecule has 4 rings (SSSR count). The SMILES string of the molecule is CN(C)C(CNC(=O)C1CCN(c2nc3ccccc3o2)CC1)c1ccco1. The van der Waals surface area contributed by atoms with Gasteiger partial charge >= 0.3 is 0 Å². The van der Waals surface area contributed by atoms with Crippen molar-refractivity contribution < 1.29 is 13.6 Å². The van der Waals surface area contributed by atoms with Crippen molar-refractivity contribution in [2.75, 3.05) is 38.6 Å². The van der Waals surface area contributed by atoms with Gasteiger partial charge in [-0.25, -0.2) is 0 Å². The Hall–Kier alpha value is -2.80. The summed E-state index contributed by atoms with van der Waals surface area (Å²) in [5.41, 5.74) is 1.66. The molecule has 28 heavy (non-hydrogen) atoms. The molecule has 0 saturated carbocycles. The zero-order valence-corrected chi connectivity index (χ0v) is 16.3. The summed E-state index contributed by atoms with van der Waals surface area (Å²) in [6, 6.07) is 12.2. The van der Waals surface area contributed by atoms with Crippen LogP contribution < -0.4 is 10.2 Å². The normalized spacial score (nSPS) is 16.6. The molecule has 1 aliphatic heterocycles.